The number of aliphatic hydroxyl groups excluding tert-OH is 1. The smallest absolute Gasteiger partial charge is 0.0656 e. The summed E-state index contributed by atoms with van der Waals surface area (Å²) in [4.78, 5) is 2.40. The zero-order chi connectivity index (χ0) is 14.8. The number of rotatable bonds is 8. The molecule has 2 aliphatic rings. The molecule has 1 saturated carbocycles. The Balaban J connectivity index is 1.81. The SMILES string of the molecule is CCCCOC1CC(N(C)CC2(CO)COC2)C1(C)C. The number of hydrogen-bond donors (Lipinski definition) is 1. The van der Waals surface area contributed by atoms with Crippen LogP contribution in [0.4, 0.5) is 0 Å². The summed E-state index contributed by atoms with van der Waals surface area (Å²) < 4.78 is 11.3. The number of nitrogens with zero attached hydrogens (tertiary/aromatic N) is 1. The quantitative estimate of drug-likeness (QED) is 0.692. The first-order valence-corrected chi connectivity index (χ1v) is 7.95. The third-order valence-electron chi connectivity index (χ3n) is 5.21. The lowest BCUT2D eigenvalue weighted by Crippen LogP contribution is -2.64. The summed E-state index contributed by atoms with van der Waals surface area (Å²) in [6.07, 6.45) is 3.83. The predicted octanol–water partition coefficient (Wildman–Crippen LogP) is 1.91. The summed E-state index contributed by atoms with van der Waals surface area (Å²) in [6, 6.07) is 0.540. The van der Waals surface area contributed by atoms with E-state index in [-0.39, 0.29) is 17.4 Å². The Bertz CT molecular complexity index is 309. The summed E-state index contributed by atoms with van der Waals surface area (Å²) in [7, 11) is 2.17. The molecule has 2 atom stereocenters. The predicted molar refractivity (Wildman–Crippen MR) is 79.8 cm³/mol. The third-order valence-corrected chi connectivity index (χ3v) is 5.21. The topological polar surface area (TPSA) is 41.9 Å². The Hall–Kier alpha value is -0.160. The van der Waals surface area contributed by atoms with Gasteiger partial charge in [0.05, 0.1) is 31.3 Å². The summed E-state index contributed by atoms with van der Waals surface area (Å²) in [5.41, 5.74) is 0.169. The van der Waals surface area contributed by atoms with Crippen molar-refractivity contribution >= 4 is 0 Å². The van der Waals surface area contributed by atoms with Gasteiger partial charge in [0.15, 0.2) is 0 Å². The van der Waals surface area contributed by atoms with Gasteiger partial charge in [0.1, 0.15) is 0 Å². The zero-order valence-electron chi connectivity index (χ0n) is 13.5. The van der Waals surface area contributed by atoms with Gasteiger partial charge in [-0.3, -0.25) is 0 Å². The van der Waals surface area contributed by atoms with E-state index in [0.29, 0.717) is 25.4 Å². The molecule has 2 unspecified atom stereocenters. The van der Waals surface area contributed by atoms with Gasteiger partial charge < -0.3 is 19.5 Å². The van der Waals surface area contributed by atoms with Crippen molar-refractivity contribution in [2.24, 2.45) is 10.8 Å². The maximum atomic E-state index is 9.55. The van der Waals surface area contributed by atoms with Crippen LogP contribution in [-0.4, -0.2) is 62.2 Å². The molecule has 0 radical (unpaired) electrons. The van der Waals surface area contributed by atoms with Crippen LogP contribution in [0.2, 0.25) is 0 Å². The lowest BCUT2D eigenvalue weighted by molar-refractivity contribution is -0.183. The second-order valence-electron chi connectivity index (χ2n) is 7.35. The molecule has 20 heavy (non-hydrogen) atoms. The van der Waals surface area contributed by atoms with Gasteiger partial charge in [0.25, 0.3) is 0 Å². The van der Waals surface area contributed by atoms with Crippen LogP contribution in [0.15, 0.2) is 0 Å². The zero-order valence-corrected chi connectivity index (χ0v) is 13.5. The highest BCUT2D eigenvalue weighted by atomic mass is 16.5. The Morgan fingerprint density at radius 2 is 2.05 bits per heavy atom. The second kappa shape index (κ2) is 6.30. The molecule has 0 spiro atoms. The molecule has 0 bridgehead atoms. The van der Waals surface area contributed by atoms with Crippen molar-refractivity contribution in [3.63, 3.8) is 0 Å². The maximum absolute atomic E-state index is 9.55. The number of unbranched alkanes of at least 4 members (excludes halogenated alkanes) is 1. The van der Waals surface area contributed by atoms with Gasteiger partial charge >= 0.3 is 0 Å². The molecule has 1 saturated heterocycles. The van der Waals surface area contributed by atoms with Crippen molar-refractivity contribution in [2.45, 2.75) is 52.2 Å². The van der Waals surface area contributed by atoms with Crippen molar-refractivity contribution in [1.29, 1.82) is 0 Å². The van der Waals surface area contributed by atoms with Gasteiger partial charge in [-0.1, -0.05) is 27.2 Å². The van der Waals surface area contributed by atoms with E-state index >= 15 is 0 Å². The maximum Gasteiger partial charge on any atom is 0.0656 e. The fraction of sp³-hybridized carbons (Fsp3) is 1.00. The van der Waals surface area contributed by atoms with E-state index in [1.807, 2.05) is 0 Å². The number of ether oxygens (including phenoxy) is 2. The molecule has 2 rings (SSSR count). The molecular formula is C16H31NO3. The Labute approximate surface area is 123 Å². The molecule has 4 heteroatoms. The van der Waals surface area contributed by atoms with Gasteiger partial charge in [-0.2, -0.15) is 0 Å². The standard InChI is InChI=1S/C16H31NO3/c1-5-6-7-20-14-8-13(15(14,2)3)17(4)9-16(10-18)11-19-12-16/h13-14,18H,5-12H2,1-4H3. The fourth-order valence-electron chi connectivity index (χ4n) is 3.53. The lowest BCUT2D eigenvalue weighted by atomic mass is 9.63. The van der Waals surface area contributed by atoms with Crippen LogP contribution in [0.3, 0.4) is 0 Å². The summed E-state index contributed by atoms with van der Waals surface area (Å²) in [5, 5.41) is 9.55. The fourth-order valence-corrected chi connectivity index (χ4v) is 3.53. The van der Waals surface area contributed by atoms with Crippen LogP contribution in [0.25, 0.3) is 0 Å². The minimum Gasteiger partial charge on any atom is -0.396 e. The molecule has 118 valence electrons. The lowest BCUT2D eigenvalue weighted by Gasteiger charge is -2.57. The highest BCUT2D eigenvalue weighted by molar-refractivity contribution is 5.04. The highest BCUT2D eigenvalue weighted by Crippen LogP contribution is 2.46. The van der Waals surface area contributed by atoms with Crippen LogP contribution in [-0.2, 0) is 9.47 Å². The molecule has 1 N–H and O–H groups in total. The summed E-state index contributed by atoms with van der Waals surface area (Å²) in [6.45, 7) is 10.2. The minimum atomic E-state index is -0.0288. The Kier molecular flexibility index (Phi) is 5.11. The van der Waals surface area contributed by atoms with E-state index in [1.54, 1.807) is 0 Å². The summed E-state index contributed by atoms with van der Waals surface area (Å²) >= 11 is 0. The monoisotopic (exact) mass is 285 g/mol. The van der Waals surface area contributed by atoms with E-state index < -0.39 is 0 Å². The van der Waals surface area contributed by atoms with Gasteiger partial charge in [0, 0.05) is 24.6 Å². The first-order valence-electron chi connectivity index (χ1n) is 7.95. The van der Waals surface area contributed by atoms with E-state index in [0.717, 1.165) is 26.0 Å². The number of hydrogen-bond acceptors (Lipinski definition) is 4. The van der Waals surface area contributed by atoms with Crippen LogP contribution in [0.1, 0.15) is 40.0 Å². The molecule has 0 aromatic heterocycles. The van der Waals surface area contributed by atoms with Crippen molar-refractivity contribution in [1.82, 2.24) is 4.90 Å². The molecule has 1 heterocycles. The first kappa shape index (κ1) is 16.2. The summed E-state index contributed by atoms with van der Waals surface area (Å²) in [5.74, 6) is 0. The molecule has 2 fully saturated rings. The van der Waals surface area contributed by atoms with Crippen molar-refractivity contribution in [3.8, 4) is 0 Å². The van der Waals surface area contributed by atoms with Crippen LogP contribution in [0.5, 0.6) is 0 Å². The second-order valence-corrected chi connectivity index (χ2v) is 7.35. The average molecular weight is 285 g/mol. The molecule has 1 aliphatic carbocycles. The van der Waals surface area contributed by atoms with E-state index in [4.69, 9.17) is 9.47 Å². The first-order chi connectivity index (χ1) is 9.45. The highest BCUT2D eigenvalue weighted by Gasteiger charge is 2.52. The van der Waals surface area contributed by atoms with Crippen LogP contribution >= 0.6 is 0 Å². The molecule has 0 amide bonds. The molecule has 0 aromatic carbocycles. The van der Waals surface area contributed by atoms with E-state index in [9.17, 15) is 5.11 Å². The Morgan fingerprint density at radius 3 is 2.50 bits per heavy atom. The average Bonchev–Trinajstić information content (AvgIpc) is 2.37. The molecule has 4 nitrogen and oxygen atoms in total. The van der Waals surface area contributed by atoms with E-state index in [2.05, 4.69) is 32.7 Å². The van der Waals surface area contributed by atoms with Crippen molar-refractivity contribution in [3.05, 3.63) is 0 Å². The molecule has 0 aromatic rings. The van der Waals surface area contributed by atoms with Gasteiger partial charge in [-0.05, 0) is 19.9 Å². The van der Waals surface area contributed by atoms with Crippen LogP contribution in [0, 0.1) is 10.8 Å². The third kappa shape index (κ3) is 3.03. The van der Waals surface area contributed by atoms with Gasteiger partial charge in [0.2, 0.25) is 0 Å². The largest absolute Gasteiger partial charge is 0.396 e. The minimum absolute atomic E-state index is 0.0288. The van der Waals surface area contributed by atoms with E-state index in [1.165, 1.54) is 6.42 Å². The van der Waals surface area contributed by atoms with Gasteiger partial charge in [-0.25, -0.2) is 0 Å². The normalized spacial score (nSPS) is 30.9. The molecular weight excluding hydrogens is 254 g/mol. The molecule has 1 aliphatic heterocycles. The number of aliphatic hydroxyl groups is 1. The van der Waals surface area contributed by atoms with Gasteiger partial charge in [-0.15, -0.1) is 0 Å². The van der Waals surface area contributed by atoms with Crippen LogP contribution < -0.4 is 0 Å². The Morgan fingerprint density at radius 1 is 1.35 bits per heavy atom. The van der Waals surface area contributed by atoms with Crippen molar-refractivity contribution in [2.75, 3.05) is 40.0 Å². The van der Waals surface area contributed by atoms with Crippen molar-refractivity contribution < 1.29 is 14.6 Å².